The second kappa shape index (κ2) is 3.11. The zero-order valence-corrected chi connectivity index (χ0v) is 7.63. The van der Waals surface area contributed by atoms with Gasteiger partial charge in [0, 0.05) is 0 Å². The van der Waals surface area contributed by atoms with Crippen LogP contribution < -0.4 is 0 Å². The van der Waals surface area contributed by atoms with Gasteiger partial charge in [0.15, 0.2) is 0 Å². The van der Waals surface area contributed by atoms with Gasteiger partial charge in [-0.05, 0) is 40.0 Å². The number of ether oxygens (including phenoxy) is 1. The summed E-state index contributed by atoms with van der Waals surface area (Å²) >= 11 is 0. The third-order valence-electron chi connectivity index (χ3n) is 2.44. The molecule has 11 heavy (non-hydrogen) atoms. The maximum absolute atomic E-state index is 9.53. The Morgan fingerprint density at radius 2 is 2.00 bits per heavy atom. The molecule has 0 amide bonds. The first-order valence-electron chi connectivity index (χ1n) is 4.38. The van der Waals surface area contributed by atoms with E-state index in [0.717, 1.165) is 0 Å². The lowest BCUT2D eigenvalue weighted by molar-refractivity contribution is -0.127. The fourth-order valence-corrected chi connectivity index (χ4v) is 0.962. The highest BCUT2D eigenvalue weighted by Gasteiger charge is 2.28. The number of hydrogen-bond acceptors (Lipinski definition) is 2. The summed E-state index contributed by atoms with van der Waals surface area (Å²) < 4.78 is 5.60. The van der Waals surface area contributed by atoms with Crippen molar-refractivity contribution >= 4 is 0 Å². The average Bonchev–Trinajstić information content (AvgIpc) is 1.75. The minimum absolute atomic E-state index is 0.0483. The van der Waals surface area contributed by atoms with E-state index < -0.39 is 5.60 Å². The van der Waals surface area contributed by atoms with E-state index in [2.05, 4.69) is 0 Å². The molecule has 2 heteroatoms. The van der Waals surface area contributed by atoms with Crippen LogP contribution in [0.15, 0.2) is 0 Å². The Kier molecular flexibility index (Phi) is 2.55. The van der Waals surface area contributed by atoms with Crippen LogP contribution in [0.1, 0.15) is 40.0 Å². The Bertz CT molecular complexity index is 122. The van der Waals surface area contributed by atoms with Gasteiger partial charge in [-0.2, -0.15) is 0 Å². The molecule has 1 aliphatic carbocycles. The van der Waals surface area contributed by atoms with E-state index in [1.807, 2.05) is 6.92 Å². The van der Waals surface area contributed by atoms with Crippen molar-refractivity contribution in [2.75, 3.05) is 0 Å². The Morgan fingerprint density at radius 1 is 1.45 bits per heavy atom. The van der Waals surface area contributed by atoms with Crippen LogP contribution >= 0.6 is 0 Å². The van der Waals surface area contributed by atoms with Crippen LogP contribution in [0.2, 0.25) is 0 Å². The maximum atomic E-state index is 9.53. The van der Waals surface area contributed by atoms with Crippen molar-refractivity contribution in [3.05, 3.63) is 0 Å². The van der Waals surface area contributed by atoms with Gasteiger partial charge >= 0.3 is 0 Å². The summed E-state index contributed by atoms with van der Waals surface area (Å²) in [4.78, 5) is 0. The van der Waals surface area contributed by atoms with E-state index in [-0.39, 0.29) is 6.10 Å². The zero-order chi connectivity index (χ0) is 8.48. The quantitative estimate of drug-likeness (QED) is 0.677. The van der Waals surface area contributed by atoms with E-state index in [9.17, 15) is 5.11 Å². The molecule has 1 atom stereocenters. The van der Waals surface area contributed by atoms with Crippen LogP contribution in [0.25, 0.3) is 0 Å². The van der Waals surface area contributed by atoms with E-state index in [1.54, 1.807) is 13.8 Å². The zero-order valence-electron chi connectivity index (χ0n) is 7.63. The van der Waals surface area contributed by atoms with Gasteiger partial charge < -0.3 is 9.84 Å². The highest BCUT2D eigenvalue weighted by molar-refractivity contribution is 4.78. The lowest BCUT2D eigenvalue weighted by Gasteiger charge is -2.34. The summed E-state index contributed by atoms with van der Waals surface area (Å²) in [6.45, 7) is 5.50. The molecule has 0 heterocycles. The minimum atomic E-state index is -0.699. The van der Waals surface area contributed by atoms with E-state index in [1.165, 1.54) is 19.3 Å². The van der Waals surface area contributed by atoms with Crippen LogP contribution in [-0.4, -0.2) is 22.9 Å². The summed E-state index contributed by atoms with van der Waals surface area (Å²) in [6.07, 6.45) is 3.98. The lowest BCUT2D eigenvalue weighted by Crippen LogP contribution is -2.40. The molecule has 0 aromatic heterocycles. The van der Waals surface area contributed by atoms with Gasteiger partial charge in [-0.3, -0.25) is 0 Å². The van der Waals surface area contributed by atoms with Gasteiger partial charge in [0.2, 0.25) is 0 Å². The van der Waals surface area contributed by atoms with Crippen molar-refractivity contribution in [2.24, 2.45) is 0 Å². The highest BCUT2D eigenvalue weighted by Crippen LogP contribution is 2.25. The third-order valence-corrected chi connectivity index (χ3v) is 2.44. The first kappa shape index (κ1) is 9.01. The van der Waals surface area contributed by atoms with Gasteiger partial charge in [0.1, 0.15) is 0 Å². The van der Waals surface area contributed by atoms with Crippen LogP contribution in [-0.2, 0) is 4.74 Å². The van der Waals surface area contributed by atoms with Crippen LogP contribution in [0.4, 0.5) is 0 Å². The molecule has 0 saturated heterocycles. The monoisotopic (exact) mass is 158 g/mol. The first-order chi connectivity index (χ1) is 5.00. The van der Waals surface area contributed by atoms with Gasteiger partial charge in [-0.25, -0.2) is 0 Å². The maximum Gasteiger partial charge on any atom is 0.0849 e. The lowest BCUT2D eigenvalue weighted by atomic mass is 9.95. The molecule has 2 nitrogen and oxygen atoms in total. The van der Waals surface area contributed by atoms with Gasteiger partial charge in [0.25, 0.3) is 0 Å². The molecule has 1 aliphatic rings. The molecule has 0 unspecified atom stereocenters. The van der Waals surface area contributed by atoms with E-state index >= 15 is 0 Å². The van der Waals surface area contributed by atoms with Crippen LogP contribution in [0.3, 0.4) is 0 Å². The van der Waals surface area contributed by atoms with Crippen LogP contribution in [0, 0.1) is 0 Å². The average molecular weight is 158 g/mol. The third kappa shape index (κ3) is 2.46. The molecule has 0 aromatic carbocycles. The molecule has 0 aromatic rings. The molecule has 1 saturated carbocycles. The molecule has 1 rings (SSSR count). The topological polar surface area (TPSA) is 29.5 Å². The fourth-order valence-electron chi connectivity index (χ4n) is 0.962. The van der Waals surface area contributed by atoms with Crippen molar-refractivity contribution in [3.8, 4) is 0 Å². The standard InChI is InChI=1S/C9H18O2/c1-7(9(2,3)10)11-8-5-4-6-8/h7-8,10H,4-6H2,1-3H3/t7-/m0/s1. The molecule has 0 aliphatic heterocycles. The van der Waals surface area contributed by atoms with E-state index in [0.29, 0.717) is 6.10 Å². The number of aliphatic hydroxyl groups is 1. The van der Waals surface area contributed by atoms with Gasteiger partial charge in [-0.15, -0.1) is 0 Å². The summed E-state index contributed by atoms with van der Waals surface area (Å²) in [5, 5.41) is 9.53. The second-order valence-electron chi connectivity index (χ2n) is 3.98. The van der Waals surface area contributed by atoms with Crippen molar-refractivity contribution in [3.63, 3.8) is 0 Å². The highest BCUT2D eigenvalue weighted by atomic mass is 16.5. The molecule has 66 valence electrons. The Hall–Kier alpha value is -0.0800. The van der Waals surface area contributed by atoms with Gasteiger partial charge in [-0.1, -0.05) is 0 Å². The second-order valence-corrected chi connectivity index (χ2v) is 3.98. The smallest absolute Gasteiger partial charge is 0.0849 e. The summed E-state index contributed by atoms with van der Waals surface area (Å²) in [5.41, 5.74) is -0.699. The van der Waals surface area contributed by atoms with Crippen molar-refractivity contribution in [2.45, 2.75) is 57.8 Å². The van der Waals surface area contributed by atoms with Gasteiger partial charge in [0.05, 0.1) is 17.8 Å². The minimum Gasteiger partial charge on any atom is -0.388 e. The van der Waals surface area contributed by atoms with Crippen molar-refractivity contribution in [1.82, 2.24) is 0 Å². The number of hydrogen-bond donors (Lipinski definition) is 1. The molecule has 1 fully saturated rings. The fraction of sp³-hybridized carbons (Fsp3) is 1.00. The molecular weight excluding hydrogens is 140 g/mol. The normalized spacial score (nSPS) is 22.9. The molecule has 0 radical (unpaired) electrons. The van der Waals surface area contributed by atoms with Crippen molar-refractivity contribution < 1.29 is 9.84 Å². The SMILES string of the molecule is C[C@H](OC1CCC1)C(C)(C)O. The Balaban J connectivity index is 2.24. The number of rotatable bonds is 3. The molecule has 1 N–H and O–H groups in total. The predicted molar refractivity (Wildman–Crippen MR) is 44.5 cm³/mol. The summed E-state index contributed by atoms with van der Waals surface area (Å²) in [7, 11) is 0. The summed E-state index contributed by atoms with van der Waals surface area (Å²) in [5.74, 6) is 0. The first-order valence-corrected chi connectivity index (χ1v) is 4.38. The van der Waals surface area contributed by atoms with Crippen molar-refractivity contribution in [1.29, 1.82) is 0 Å². The predicted octanol–water partition coefficient (Wildman–Crippen LogP) is 1.71. The Labute approximate surface area is 68.6 Å². The Morgan fingerprint density at radius 3 is 2.27 bits per heavy atom. The molecular formula is C9H18O2. The molecule has 0 spiro atoms. The van der Waals surface area contributed by atoms with E-state index in [4.69, 9.17) is 4.74 Å². The largest absolute Gasteiger partial charge is 0.388 e. The van der Waals surface area contributed by atoms with Crippen LogP contribution in [0.5, 0.6) is 0 Å². The summed E-state index contributed by atoms with van der Waals surface area (Å²) in [6, 6.07) is 0. The molecule has 0 bridgehead atoms.